The molecule has 1 aliphatic carbocycles. The molecule has 1 fully saturated rings. The molecule has 10 heteroatoms. The number of hydrogen-bond donors (Lipinski definition) is 1. The number of fused-ring (bicyclic) bond motifs is 1. The smallest absolute Gasteiger partial charge is 0.341 e. The molecule has 1 aliphatic heterocycles. The molecule has 33 heavy (non-hydrogen) atoms. The lowest BCUT2D eigenvalue weighted by Gasteiger charge is -2.14. The topological polar surface area (TPSA) is 75.7 Å². The lowest BCUT2D eigenvalue weighted by Crippen LogP contribution is -2.36. The minimum Gasteiger partial charge on any atom is -0.462 e. The number of thioether (sulfide) groups is 1. The summed E-state index contributed by atoms with van der Waals surface area (Å²) in [6.07, 6.45) is 5.39. The van der Waals surface area contributed by atoms with E-state index < -0.39 is 11.9 Å². The summed E-state index contributed by atoms with van der Waals surface area (Å²) in [6, 6.07) is 7.18. The van der Waals surface area contributed by atoms with Crippen molar-refractivity contribution in [3.8, 4) is 0 Å². The van der Waals surface area contributed by atoms with Crippen LogP contribution in [0.4, 0.5) is 5.00 Å². The summed E-state index contributed by atoms with van der Waals surface area (Å²) in [5.41, 5.74) is 2.11. The number of nitrogens with zero attached hydrogens (tertiary/aromatic N) is 1. The first kappa shape index (κ1) is 23.9. The van der Waals surface area contributed by atoms with Crippen molar-refractivity contribution in [2.24, 2.45) is 0 Å². The number of aryl methyl sites for hydroxylation is 1. The normalized spacial score (nSPS) is 16.8. The molecule has 1 aromatic carbocycles. The predicted molar refractivity (Wildman–Crippen MR) is 137 cm³/mol. The van der Waals surface area contributed by atoms with Gasteiger partial charge >= 0.3 is 5.97 Å². The molecule has 1 N–H and O–H groups in total. The highest BCUT2D eigenvalue weighted by molar-refractivity contribution is 8.26. The number of anilines is 1. The zero-order valence-electron chi connectivity index (χ0n) is 17.8. The van der Waals surface area contributed by atoms with Gasteiger partial charge in [0, 0.05) is 9.90 Å². The first-order chi connectivity index (χ1) is 15.9. The Balaban J connectivity index is 1.51. The first-order valence-electron chi connectivity index (χ1n) is 10.5. The van der Waals surface area contributed by atoms with Gasteiger partial charge in [-0.1, -0.05) is 53.8 Å². The van der Waals surface area contributed by atoms with Gasteiger partial charge < -0.3 is 10.1 Å². The molecule has 0 spiro atoms. The number of carbonyl (C=O) groups is 3. The molecular weight excluding hydrogens is 500 g/mol. The number of ether oxygens (including phenoxy) is 1. The molecule has 0 atom stereocenters. The van der Waals surface area contributed by atoms with Gasteiger partial charge in [0.05, 0.1) is 17.1 Å². The van der Waals surface area contributed by atoms with Crippen molar-refractivity contribution in [1.29, 1.82) is 0 Å². The Kier molecular flexibility index (Phi) is 7.53. The number of thiocarbonyl (C=S) groups is 1. The fourth-order valence-electron chi connectivity index (χ4n) is 3.75. The number of halogens is 1. The Bertz CT molecular complexity index is 1170. The van der Waals surface area contributed by atoms with E-state index in [4.69, 9.17) is 28.6 Å². The van der Waals surface area contributed by atoms with Crippen LogP contribution in [0.25, 0.3) is 6.08 Å². The first-order valence-corrected chi connectivity index (χ1v) is 12.9. The molecule has 172 valence electrons. The number of nitrogens with one attached hydrogen (secondary N) is 1. The van der Waals surface area contributed by atoms with Gasteiger partial charge in [0.2, 0.25) is 5.91 Å². The molecule has 2 aliphatic rings. The number of amides is 2. The van der Waals surface area contributed by atoms with Gasteiger partial charge in [-0.05, 0) is 55.9 Å². The quantitative estimate of drug-likeness (QED) is 0.316. The van der Waals surface area contributed by atoms with Gasteiger partial charge in [-0.15, -0.1) is 11.3 Å². The van der Waals surface area contributed by atoms with Crippen molar-refractivity contribution >= 4 is 80.1 Å². The monoisotopic (exact) mass is 520 g/mol. The molecule has 2 heterocycles. The fraction of sp³-hybridized carbons (Fsp3) is 0.304. The number of esters is 1. The van der Waals surface area contributed by atoms with E-state index in [1.807, 2.05) is 12.1 Å². The van der Waals surface area contributed by atoms with E-state index in [0.717, 1.165) is 47.9 Å². The third-order valence-corrected chi connectivity index (χ3v) is 8.20. The zero-order valence-corrected chi connectivity index (χ0v) is 21.0. The summed E-state index contributed by atoms with van der Waals surface area (Å²) < 4.78 is 5.53. The van der Waals surface area contributed by atoms with Crippen LogP contribution in [0.15, 0.2) is 29.2 Å². The average molecular weight is 521 g/mol. The van der Waals surface area contributed by atoms with E-state index in [2.05, 4.69) is 5.32 Å². The molecule has 4 rings (SSSR count). The van der Waals surface area contributed by atoms with Crippen molar-refractivity contribution in [2.75, 3.05) is 18.5 Å². The Morgan fingerprint density at radius 3 is 2.79 bits per heavy atom. The van der Waals surface area contributed by atoms with Crippen molar-refractivity contribution < 1.29 is 19.1 Å². The Morgan fingerprint density at radius 1 is 1.27 bits per heavy atom. The van der Waals surface area contributed by atoms with Crippen LogP contribution in [-0.2, 0) is 27.2 Å². The summed E-state index contributed by atoms with van der Waals surface area (Å²) in [7, 11) is 0. The standard InChI is InChI=1S/C23H21ClN2O4S3/c1-2-30-22(29)19-14-8-4-6-10-16(14)32-20(19)25-18(27)12-26-21(28)17(33-23(26)31)11-13-7-3-5-9-15(13)24/h3,5,7,9,11H,2,4,6,8,10,12H2,1H3,(H,25,27)/b17-11-. The van der Waals surface area contributed by atoms with Gasteiger partial charge in [-0.25, -0.2) is 4.79 Å². The van der Waals surface area contributed by atoms with Crippen LogP contribution >= 0.6 is 46.9 Å². The molecule has 2 amide bonds. The summed E-state index contributed by atoms with van der Waals surface area (Å²) >= 11 is 14.1. The number of thiophene rings is 1. The second kappa shape index (κ2) is 10.4. The second-order valence-electron chi connectivity index (χ2n) is 7.47. The summed E-state index contributed by atoms with van der Waals surface area (Å²) in [4.78, 5) is 41.1. The minimum atomic E-state index is -0.430. The third-order valence-electron chi connectivity index (χ3n) is 5.27. The van der Waals surface area contributed by atoms with Crippen molar-refractivity contribution in [2.45, 2.75) is 32.6 Å². The van der Waals surface area contributed by atoms with E-state index in [1.54, 1.807) is 25.1 Å². The Hall–Kier alpha value is -2.20. The largest absolute Gasteiger partial charge is 0.462 e. The average Bonchev–Trinajstić information content (AvgIpc) is 3.27. The number of hydrogen-bond acceptors (Lipinski definition) is 7. The van der Waals surface area contributed by atoms with E-state index in [9.17, 15) is 14.4 Å². The third kappa shape index (κ3) is 5.16. The maximum Gasteiger partial charge on any atom is 0.341 e. The van der Waals surface area contributed by atoms with E-state index in [0.29, 0.717) is 30.4 Å². The van der Waals surface area contributed by atoms with Crippen LogP contribution < -0.4 is 5.32 Å². The molecule has 0 bridgehead atoms. The molecule has 1 saturated heterocycles. The molecular formula is C23H21ClN2O4S3. The maximum absolute atomic E-state index is 12.9. The van der Waals surface area contributed by atoms with Crippen LogP contribution in [0.1, 0.15) is 46.1 Å². The lowest BCUT2D eigenvalue weighted by molar-refractivity contribution is -0.126. The van der Waals surface area contributed by atoms with Gasteiger partial charge in [-0.3, -0.25) is 14.5 Å². The van der Waals surface area contributed by atoms with Crippen LogP contribution in [0, 0.1) is 0 Å². The summed E-state index contributed by atoms with van der Waals surface area (Å²) in [6.45, 7) is 1.76. The van der Waals surface area contributed by atoms with Crippen LogP contribution in [-0.4, -0.2) is 40.2 Å². The van der Waals surface area contributed by atoms with E-state index >= 15 is 0 Å². The van der Waals surface area contributed by atoms with E-state index in [1.165, 1.54) is 16.2 Å². The van der Waals surface area contributed by atoms with Gasteiger partial charge in [0.25, 0.3) is 5.91 Å². The van der Waals surface area contributed by atoms with Gasteiger partial charge in [0.15, 0.2) is 0 Å². The van der Waals surface area contributed by atoms with Crippen molar-refractivity contribution in [1.82, 2.24) is 4.90 Å². The highest BCUT2D eigenvalue weighted by Gasteiger charge is 2.34. The van der Waals surface area contributed by atoms with Crippen LogP contribution in [0.3, 0.4) is 0 Å². The van der Waals surface area contributed by atoms with Gasteiger partial charge in [-0.2, -0.15) is 0 Å². The lowest BCUT2D eigenvalue weighted by atomic mass is 9.95. The molecule has 0 saturated carbocycles. The van der Waals surface area contributed by atoms with Gasteiger partial charge in [0.1, 0.15) is 15.9 Å². The van der Waals surface area contributed by atoms with Crippen LogP contribution in [0.5, 0.6) is 0 Å². The van der Waals surface area contributed by atoms with E-state index in [-0.39, 0.29) is 19.1 Å². The van der Waals surface area contributed by atoms with Crippen LogP contribution in [0.2, 0.25) is 5.02 Å². The highest BCUT2D eigenvalue weighted by Crippen LogP contribution is 2.39. The molecule has 6 nitrogen and oxygen atoms in total. The Morgan fingerprint density at radius 2 is 2.03 bits per heavy atom. The number of rotatable bonds is 6. The molecule has 1 aromatic heterocycles. The van der Waals surface area contributed by atoms with Crippen molar-refractivity contribution in [3.63, 3.8) is 0 Å². The maximum atomic E-state index is 12.9. The van der Waals surface area contributed by atoms with Crippen molar-refractivity contribution in [3.05, 3.63) is 55.8 Å². The summed E-state index contributed by atoms with van der Waals surface area (Å²) in [5.74, 6) is -1.20. The summed E-state index contributed by atoms with van der Waals surface area (Å²) in [5, 5.41) is 3.82. The SMILES string of the molecule is CCOC(=O)c1c(NC(=O)CN2C(=O)/C(=C/c3ccccc3Cl)SC2=S)sc2c1CCCC2. The highest BCUT2D eigenvalue weighted by atomic mass is 35.5. The second-order valence-corrected chi connectivity index (χ2v) is 10.7. The fourth-order valence-corrected chi connectivity index (χ4v) is 6.48. The zero-order chi connectivity index (χ0) is 23.5. The number of carbonyl (C=O) groups excluding carboxylic acids is 3. The molecule has 2 aromatic rings. The predicted octanol–water partition coefficient (Wildman–Crippen LogP) is 5.30. The number of benzene rings is 1. The molecule has 0 unspecified atom stereocenters. The Labute approximate surface area is 210 Å². The minimum absolute atomic E-state index is 0.241. The molecule has 0 radical (unpaired) electrons.